The largest absolute Gasteiger partial charge is 0.389 e. The fourth-order valence-corrected chi connectivity index (χ4v) is 6.14. The van der Waals surface area contributed by atoms with Gasteiger partial charge in [0.25, 0.3) is 0 Å². The highest BCUT2D eigenvalue weighted by atomic mass is 16.3. The molecule has 114 valence electrons. The molecule has 0 unspecified atom stereocenters. The molecule has 0 aromatic heterocycles. The molecule has 4 rings (SSSR count). The summed E-state index contributed by atoms with van der Waals surface area (Å²) >= 11 is 0. The van der Waals surface area contributed by atoms with Gasteiger partial charge in [-0.25, -0.2) is 0 Å². The molecule has 1 N–H and O–H groups in total. The van der Waals surface area contributed by atoms with Gasteiger partial charge in [0.2, 0.25) is 0 Å². The Morgan fingerprint density at radius 3 is 2.86 bits per heavy atom. The van der Waals surface area contributed by atoms with Crippen molar-refractivity contribution in [3.63, 3.8) is 0 Å². The number of rotatable bonds is 0. The van der Waals surface area contributed by atoms with Crippen molar-refractivity contribution in [1.29, 1.82) is 0 Å². The van der Waals surface area contributed by atoms with Gasteiger partial charge in [-0.15, -0.1) is 0 Å². The number of hydrogen-bond acceptors (Lipinski definition) is 1. The van der Waals surface area contributed by atoms with Crippen LogP contribution in [0.15, 0.2) is 36.0 Å². The zero-order valence-corrected chi connectivity index (χ0v) is 13.4. The van der Waals surface area contributed by atoms with Crippen LogP contribution in [0.25, 0.3) is 0 Å². The summed E-state index contributed by atoms with van der Waals surface area (Å²) in [6.07, 6.45) is 13.9. The second-order valence-electron chi connectivity index (χ2n) is 8.35. The molecule has 0 aromatic rings. The first-order valence-electron chi connectivity index (χ1n) is 8.70. The summed E-state index contributed by atoms with van der Waals surface area (Å²) in [5.74, 6) is 2.42. The molecule has 0 saturated heterocycles. The smallest absolute Gasteiger partial charge is 0.0758 e. The van der Waals surface area contributed by atoms with Gasteiger partial charge >= 0.3 is 0 Å². The summed E-state index contributed by atoms with van der Waals surface area (Å²) in [7, 11) is 0. The maximum Gasteiger partial charge on any atom is 0.0758 e. The van der Waals surface area contributed by atoms with Crippen LogP contribution in [0, 0.1) is 28.6 Å². The van der Waals surface area contributed by atoms with Gasteiger partial charge < -0.3 is 5.11 Å². The van der Waals surface area contributed by atoms with E-state index in [-0.39, 0.29) is 11.5 Å². The van der Waals surface area contributed by atoms with Crippen LogP contribution in [-0.4, -0.2) is 11.2 Å². The van der Waals surface area contributed by atoms with E-state index in [0.717, 1.165) is 24.2 Å². The molecule has 0 aromatic carbocycles. The first kappa shape index (κ1) is 13.8. The Kier molecular flexibility index (Phi) is 2.86. The molecule has 21 heavy (non-hydrogen) atoms. The van der Waals surface area contributed by atoms with Gasteiger partial charge in [-0.2, -0.15) is 0 Å². The molecule has 1 nitrogen and oxygen atoms in total. The molecular weight excluding hydrogens is 256 g/mol. The third kappa shape index (κ3) is 1.73. The highest BCUT2D eigenvalue weighted by molar-refractivity contribution is 5.34. The maximum absolute atomic E-state index is 9.95. The first-order chi connectivity index (χ1) is 9.95. The summed E-state index contributed by atoms with van der Waals surface area (Å²) in [5, 5.41) is 9.95. The van der Waals surface area contributed by atoms with Crippen molar-refractivity contribution in [2.45, 2.75) is 58.5 Å². The van der Waals surface area contributed by atoms with Crippen LogP contribution in [0.2, 0.25) is 0 Å². The number of fused-ring (bicyclic) bond motifs is 5. The van der Waals surface area contributed by atoms with Gasteiger partial charge in [0.05, 0.1) is 6.10 Å². The summed E-state index contributed by atoms with van der Waals surface area (Å²) in [6.45, 7) is 9.29. The predicted molar refractivity (Wildman–Crippen MR) is 86.8 cm³/mol. The van der Waals surface area contributed by atoms with Crippen LogP contribution in [0.5, 0.6) is 0 Å². The van der Waals surface area contributed by atoms with E-state index < -0.39 is 0 Å². The van der Waals surface area contributed by atoms with Crippen LogP contribution in [0.4, 0.5) is 0 Å². The lowest BCUT2D eigenvalue weighted by atomic mass is 9.49. The second-order valence-corrected chi connectivity index (χ2v) is 8.35. The lowest BCUT2D eigenvalue weighted by molar-refractivity contribution is 0.00834. The molecule has 0 radical (unpaired) electrons. The van der Waals surface area contributed by atoms with E-state index in [1.807, 2.05) is 6.08 Å². The van der Waals surface area contributed by atoms with Gasteiger partial charge in [0.15, 0.2) is 0 Å². The lowest BCUT2D eigenvalue weighted by Crippen LogP contribution is -2.48. The molecule has 1 heteroatoms. The average molecular weight is 284 g/mol. The molecule has 0 amide bonds. The third-order valence-corrected chi connectivity index (χ3v) is 7.58. The number of aliphatic hydroxyl groups excluding tert-OH is 1. The van der Waals surface area contributed by atoms with Crippen molar-refractivity contribution in [3.05, 3.63) is 36.0 Å². The Balaban J connectivity index is 1.72. The van der Waals surface area contributed by atoms with Crippen LogP contribution in [0.1, 0.15) is 52.4 Å². The van der Waals surface area contributed by atoms with Crippen LogP contribution in [-0.2, 0) is 0 Å². The monoisotopic (exact) mass is 284 g/mol. The van der Waals surface area contributed by atoms with Crippen LogP contribution in [0.3, 0.4) is 0 Å². The van der Waals surface area contributed by atoms with Crippen molar-refractivity contribution in [2.24, 2.45) is 28.6 Å². The van der Waals surface area contributed by atoms with Crippen LogP contribution >= 0.6 is 0 Å². The zero-order chi connectivity index (χ0) is 14.8. The summed E-state index contributed by atoms with van der Waals surface area (Å²) in [6, 6.07) is 0. The molecule has 0 spiro atoms. The third-order valence-electron chi connectivity index (χ3n) is 7.58. The minimum absolute atomic E-state index is 0.202. The lowest BCUT2D eigenvalue weighted by Gasteiger charge is -2.55. The van der Waals surface area contributed by atoms with E-state index >= 15 is 0 Å². The summed E-state index contributed by atoms with van der Waals surface area (Å²) < 4.78 is 0. The van der Waals surface area contributed by atoms with E-state index in [0.29, 0.717) is 5.41 Å². The Hall–Kier alpha value is -0.820. The van der Waals surface area contributed by atoms with Gasteiger partial charge in [0, 0.05) is 5.41 Å². The Bertz CT molecular complexity index is 542. The van der Waals surface area contributed by atoms with Crippen molar-refractivity contribution >= 4 is 0 Å². The molecule has 0 heterocycles. The Morgan fingerprint density at radius 1 is 1.24 bits per heavy atom. The highest BCUT2D eigenvalue weighted by Gasteiger charge is 2.55. The van der Waals surface area contributed by atoms with Gasteiger partial charge in [-0.05, 0) is 61.7 Å². The van der Waals surface area contributed by atoms with Gasteiger partial charge in [-0.3, -0.25) is 0 Å². The molecule has 2 fully saturated rings. The topological polar surface area (TPSA) is 20.2 Å². The summed E-state index contributed by atoms with van der Waals surface area (Å²) in [4.78, 5) is 0. The molecular formula is C20H28O. The van der Waals surface area contributed by atoms with E-state index in [4.69, 9.17) is 0 Å². The first-order valence-corrected chi connectivity index (χ1v) is 8.70. The molecule has 0 bridgehead atoms. The second kappa shape index (κ2) is 4.35. The molecule has 2 saturated carbocycles. The van der Waals surface area contributed by atoms with E-state index in [1.165, 1.54) is 43.3 Å². The summed E-state index contributed by atoms with van der Waals surface area (Å²) in [5.41, 5.74) is 3.62. The van der Waals surface area contributed by atoms with E-state index in [2.05, 4.69) is 32.6 Å². The van der Waals surface area contributed by atoms with Crippen molar-refractivity contribution in [1.82, 2.24) is 0 Å². The zero-order valence-electron chi connectivity index (χ0n) is 13.4. The standard InChI is InChI=1S/C20H28O/c1-13-4-7-17-16-6-5-14-12-15(21)8-10-20(14,3)18(16)9-11-19(13,17)2/h5,8,10,15-18,21H,1,4,6-7,9,11-12H2,2-3H3/t15-,16-,17-,18-,19+,20-/m0/s1. The van der Waals surface area contributed by atoms with E-state index in [1.54, 1.807) is 0 Å². The minimum atomic E-state index is -0.263. The van der Waals surface area contributed by atoms with Gasteiger partial charge in [0.1, 0.15) is 0 Å². The number of allylic oxidation sites excluding steroid dienone is 3. The van der Waals surface area contributed by atoms with Gasteiger partial charge in [-0.1, -0.05) is 49.8 Å². The van der Waals surface area contributed by atoms with Crippen molar-refractivity contribution in [3.8, 4) is 0 Å². The number of hydrogen-bond donors (Lipinski definition) is 1. The van der Waals surface area contributed by atoms with Crippen LogP contribution < -0.4 is 0 Å². The van der Waals surface area contributed by atoms with Crippen molar-refractivity contribution < 1.29 is 5.11 Å². The highest BCUT2D eigenvalue weighted by Crippen LogP contribution is 2.64. The predicted octanol–water partition coefficient (Wildman–Crippen LogP) is 4.64. The maximum atomic E-state index is 9.95. The SMILES string of the molecule is C=C1CC[C@H]2[C@@H]3CC=C4C[C@@H](O)C=C[C@]4(C)[C@H]3CC[C@]12C. The molecule has 4 aliphatic carbocycles. The van der Waals surface area contributed by atoms with E-state index in [9.17, 15) is 5.11 Å². The minimum Gasteiger partial charge on any atom is -0.389 e. The Labute approximate surface area is 128 Å². The average Bonchev–Trinajstić information content (AvgIpc) is 2.76. The normalized spacial score (nSPS) is 52.0. The molecule has 6 atom stereocenters. The Morgan fingerprint density at radius 2 is 2.05 bits per heavy atom. The number of aliphatic hydroxyl groups is 1. The quantitative estimate of drug-likeness (QED) is 0.642. The fraction of sp³-hybridized carbons (Fsp3) is 0.700. The molecule has 4 aliphatic rings. The van der Waals surface area contributed by atoms with Crippen molar-refractivity contribution in [2.75, 3.05) is 0 Å². The fourth-order valence-electron chi connectivity index (χ4n) is 6.14. The molecule has 0 aliphatic heterocycles.